The van der Waals surface area contributed by atoms with Crippen molar-refractivity contribution in [2.75, 3.05) is 16.1 Å². The quantitative estimate of drug-likeness (QED) is 0.345. The van der Waals surface area contributed by atoms with Crippen molar-refractivity contribution in [3.8, 4) is 0 Å². The highest BCUT2D eigenvalue weighted by molar-refractivity contribution is 9.10. The van der Waals surface area contributed by atoms with Gasteiger partial charge in [0, 0.05) is 15.5 Å². The summed E-state index contributed by atoms with van der Waals surface area (Å²) in [6, 6.07) is 19.4. The smallest absolute Gasteiger partial charge is 0.318 e. The van der Waals surface area contributed by atoms with Crippen molar-refractivity contribution in [2.45, 2.75) is 6.92 Å². The molecule has 9 heteroatoms. The number of halogens is 2. The fraction of sp³-hybridized carbons (Fsp3) is 0.0417. The number of rotatable bonds is 4. The largest absolute Gasteiger partial charge is 0.328 e. The molecule has 4 aromatic rings. The number of nitrogens with zero attached hydrogens (tertiary/aromatic N) is 1. The molecule has 3 aromatic carbocycles. The average Bonchev–Trinajstić information content (AvgIpc) is 3.14. The first kappa shape index (κ1) is 22.2. The number of para-hydroxylation sites is 1. The van der Waals surface area contributed by atoms with E-state index in [0.29, 0.717) is 16.6 Å². The first-order chi connectivity index (χ1) is 15.8. The maximum atomic E-state index is 14.0. The summed E-state index contributed by atoms with van der Waals surface area (Å²) in [5.41, 5.74) is 4.41. The van der Waals surface area contributed by atoms with Crippen molar-refractivity contribution >= 4 is 55.9 Å². The van der Waals surface area contributed by atoms with Gasteiger partial charge < -0.3 is 10.6 Å². The second-order valence-corrected chi connectivity index (χ2v) is 8.18. The number of aryl methyl sites for hydroxylation is 1. The average molecular weight is 509 g/mol. The van der Waals surface area contributed by atoms with Crippen LogP contribution in [0.25, 0.3) is 10.9 Å². The third kappa shape index (κ3) is 4.93. The maximum absolute atomic E-state index is 14.0. The Kier molecular flexibility index (Phi) is 6.23. The number of aromatic nitrogens is 1. The predicted octanol–water partition coefficient (Wildman–Crippen LogP) is 4.81. The molecule has 4 rings (SSSR count). The van der Waals surface area contributed by atoms with Gasteiger partial charge in [0.1, 0.15) is 11.5 Å². The molecule has 3 N–H and O–H groups in total. The van der Waals surface area contributed by atoms with Crippen LogP contribution in [0, 0.1) is 12.7 Å². The molecule has 0 aliphatic carbocycles. The van der Waals surface area contributed by atoms with E-state index in [2.05, 4.69) is 32.0 Å². The van der Waals surface area contributed by atoms with Crippen molar-refractivity contribution in [3.63, 3.8) is 0 Å². The molecule has 0 saturated heterocycles. The lowest BCUT2D eigenvalue weighted by molar-refractivity contribution is -0.133. The van der Waals surface area contributed by atoms with Crippen molar-refractivity contribution in [3.05, 3.63) is 94.3 Å². The number of hydrogen-bond acceptors (Lipinski definition) is 3. The molecule has 0 unspecified atom stereocenters. The molecule has 0 bridgehead atoms. The van der Waals surface area contributed by atoms with Crippen LogP contribution in [0.15, 0.2) is 77.3 Å². The van der Waals surface area contributed by atoms with Crippen LogP contribution in [0.2, 0.25) is 0 Å². The summed E-state index contributed by atoms with van der Waals surface area (Å²) < 4.78 is 16.0. The summed E-state index contributed by atoms with van der Waals surface area (Å²) in [7, 11) is 0. The highest BCUT2D eigenvalue weighted by Crippen LogP contribution is 2.24. The minimum Gasteiger partial charge on any atom is -0.318 e. The predicted molar refractivity (Wildman–Crippen MR) is 128 cm³/mol. The second kappa shape index (κ2) is 9.25. The van der Waals surface area contributed by atoms with Crippen LogP contribution in [0.4, 0.5) is 15.8 Å². The molecule has 0 spiro atoms. The molecule has 0 atom stereocenters. The van der Waals surface area contributed by atoms with Crippen LogP contribution < -0.4 is 16.1 Å². The zero-order valence-electron chi connectivity index (χ0n) is 17.4. The molecule has 0 fully saturated rings. The van der Waals surface area contributed by atoms with Crippen LogP contribution in [0.3, 0.4) is 0 Å². The first-order valence-electron chi connectivity index (χ1n) is 9.88. The lowest BCUT2D eigenvalue weighted by atomic mass is 10.2. The Labute approximate surface area is 196 Å². The maximum Gasteiger partial charge on any atom is 0.328 e. The first-order valence-corrected chi connectivity index (χ1v) is 10.7. The summed E-state index contributed by atoms with van der Waals surface area (Å²) in [5.74, 6) is -3.14. The highest BCUT2D eigenvalue weighted by atomic mass is 79.9. The number of fused-ring (bicyclic) bond motifs is 1. The standard InChI is InChI=1S/C24H18BrFN4O3/c1-14-6-9-17(10-7-14)27-23(32)24(33)29-30-20-11-8-16(25)12-15(20)13-21(30)22(31)28-19-5-3-2-4-18(19)26/h2-13H,1H3,(H,27,32)(H,28,31)(H,29,33). The van der Waals surface area contributed by atoms with E-state index in [4.69, 9.17) is 0 Å². The van der Waals surface area contributed by atoms with E-state index in [9.17, 15) is 18.8 Å². The number of hydrogen-bond donors (Lipinski definition) is 3. The summed E-state index contributed by atoms with van der Waals surface area (Å²) in [6.45, 7) is 1.90. The Balaban J connectivity index is 1.63. The van der Waals surface area contributed by atoms with Gasteiger partial charge in [-0.25, -0.2) is 9.07 Å². The van der Waals surface area contributed by atoms with E-state index in [1.165, 1.54) is 28.9 Å². The normalized spacial score (nSPS) is 10.6. The van der Waals surface area contributed by atoms with Gasteiger partial charge in [-0.05, 0) is 55.5 Å². The van der Waals surface area contributed by atoms with Crippen LogP contribution in [-0.4, -0.2) is 22.4 Å². The fourth-order valence-corrected chi connectivity index (χ4v) is 3.58. The zero-order chi connectivity index (χ0) is 23.5. The van der Waals surface area contributed by atoms with E-state index in [0.717, 1.165) is 10.0 Å². The third-order valence-electron chi connectivity index (χ3n) is 4.85. The monoisotopic (exact) mass is 508 g/mol. The number of amides is 3. The fourth-order valence-electron chi connectivity index (χ4n) is 3.20. The van der Waals surface area contributed by atoms with Gasteiger partial charge in [-0.15, -0.1) is 0 Å². The molecule has 1 heterocycles. The molecular weight excluding hydrogens is 491 g/mol. The second-order valence-electron chi connectivity index (χ2n) is 7.26. The third-order valence-corrected chi connectivity index (χ3v) is 5.34. The van der Waals surface area contributed by atoms with Crippen molar-refractivity contribution in [1.29, 1.82) is 0 Å². The summed E-state index contributed by atoms with van der Waals surface area (Å²) in [6.07, 6.45) is 0. The van der Waals surface area contributed by atoms with Gasteiger partial charge >= 0.3 is 11.8 Å². The topological polar surface area (TPSA) is 92.2 Å². The van der Waals surface area contributed by atoms with E-state index in [1.807, 2.05) is 6.92 Å². The SMILES string of the molecule is Cc1ccc(NC(=O)C(=O)Nn2c(C(=O)Nc3ccccc3F)cc3cc(Br)ccc32)cc1. The van der Waals surface area contributed by atoms with E-state index < -0.39 is 23.5 Å². The van der Waals surface area contributed by atoms with Crippen LogP contribution in [0.5, 0.6) is 0 Å². The molecule has 3 amide bonds. The van der Waals surface area contributed by atoms with Gasteiger partial charge in [-0.1, -0.05) is 45.8 Å². The summed E-state index contributed by atoms with van der Waals surface area (Å²) in [4.78, 5) is 38.0. The molecule has 0 aliphatic heterocycles. The minimum atomic E-state index is -0.976. The zero-order valence-corrected chi connectivity index (χ0v) is 18.9. The molecular formula is C24H18BrFN4O3. The van der Waals surface area contributed by atoms with E-state index in [1.54, 1.807) is 48.5 Å². The Morgan fingerprint density at radius 1 is 0.879 bits per heavy atom. The summed E-state index contributed by atoms with van der Waals surface area (Å²) in [5, 5.41) is 5.63. The minimum absolute atomic E-state index is 0.0103. The van der Waals surface area contributed by atoms with Crippen molar-refractivity contribution < 1.29 is 18.8 Å². The molecule has 166 valence electrons. The Morgan fingerprint density at radius 2 is 1.61 bits per heavy atom. The van der Waals surface area contributed by atoms with Crippen LogP contribution in [-0.2, 0) is 9.59 Å². The Bertz CT molecular complexity index is 1380. The molecule has 1 aromatic heterocycles. The van der Waals surface area contributed by atoms with Gasteiger partial charge in [-0.3, -0.25) is 19.8 Å². The van der Waals surface area contributed by atoms with Gasteiger partial charge in [0.05, 0.1) is 11.2 Å². The number of carbonyl (C=O) groups excluding carboxylic acids is 3. The molecule has 0 radical (unpaired) electrons. The lowest BCUT2D eigenvalue weighted by Gasteiger charge is -2.13. The van der Waals surface area contributed by atoms with Gasteiger partial charge in [0.2, 0.25) is 0 Å². The molecule has 33 heavy (non-hydrogen) atoms. The van der Waals surface area contributed by atoms with E-state index >= 15 is 0 Å². The lowest BCUT2D eigenvalue weighted by Crippen LogP contribution is -2.36. The number of nitrogens with one attached hydrogen (secondary N) is 3. The van der Waals surface area contributed by atoms with Crippen LogP contribution >= 0.6 is 15.9 Å². The van der Waals surface area contributed by atoms with Gasteiger partial charge in [0.15, 0.2) is 0 Å². The molecule has 7 nitrogen and oxygen atoms in total. The van der Waals surface area contributed by atoms with Gasteiger partial charge in [-0.2, -0.15) is 0 Å². The number of carbonyl (C=O) groups is 3. The molecule has 0 aliphatic rings. The van der Waals surface area contributed by atoms with Crippen LogP contribution in [0.1, 0.15) is 16.1 Å². The number of anilines is 2. The van der Waals surface area contributed by atoms with Crippen molar-refractivity contribution in [2.24, 2.45) is 0 Å². The Morgan fingerprint density at radius 3 is 2.33 bits per heavy atom. The molecule has 0 saturated carbocycles. The number of benzene rings is 3. The van der Waals surface area contributed by atoms with Crippen molar-refractivity contribution in [1.82, 2.24) is 4.68 Å². The summed E-state index contributed by atoms with van der Waals surface area (Å²) >= 11 is 3.37. The highest BCUT2D eigenvalue weighted by Gasteiger charge is 2.21. The van der Waals surface area contributed by atoms with Gasteiger partial charge in [0.25, 0.3) is 5.91 Å². The van der Waals surface area contributed by atoms with E-state index in [-0.39, 0.29) is 11.4 Å². The Hall–Kier alpha value is -3.98.